The number of amides is 1. The fraction of sp³-hybridized carbons (Fsp3) is 0.409. The minimum Gasteiger partial charge on any atom is -0.492 e. The number of nitrogens with zero attached hydrogens (tertiary/aromatic N) is 1. The molecule has 1 heterocycles. The zero-order valence-corrected chi connectivity index (χ0v) is 18.4. The molecule has 1 aliphatic rings. The van der Waals surface area contributed by atoms with Crippen LogP contribution in [-0.4, -0.2) is 38.3 Å². The molecule has 1 amide bonds. The molecule has 6 nitrogen and oxygen atoms in total. The van der Waals surface area contributed by atoms with Crippen molar-refractivity contribution in [2.75, 3.05) is 25.0 Å². The molecule has 32 heavy (non-hydrogen) atoms. The Balaban J connectivity index is 1.81. The lowest BCUT2D eigenvalue weighted by Crippen LogP contribution is -2.35. The number of halogens is 3. The average Bonchev–Trinajstić information content (AvgIpc) is 2.75. The first-order chi connectivity index (χ1) is 15.1. The number of hydrogen-bond donors (Lipinski definition) is 1. The lowest BCUT2D eigenvalue weighted by molar-refractivity contribution is -0.137. The van der Waals surface area contributed by atoms with Crippen LogP contribution in [-0.2, 0) is 27.4 Å². The summed E-state index contributed by atoms with van der Waals surface area (Å²) in [4.78, 5) is 12.4. The zero-order chi connectivity index (χ0) is 23.4. The highest BCUT2D eigenvalue weighted by Crippen LogP contribution is 2.32. The van der Waals surface area contributed by atoms with Gasteiger partial charge in [-0.05, 0) is 49.6 Å². The molecule has 1 aliphatic heterocycles. The summed E-state index contributed by atoms with van der Waals surface area (Å²) in [7, 11) is -3.82. The number of carbonyl (C=O) groups is 1. The summed E-state index contributed by atoms with van der Waals surface area (Å²) >= 11 is 0. The summed E-state index contributed by atoms with van der Waals surface area (Å²) in [5.74, 6) is -0.372. The van der Waals surface area contributed by atoms with E-state index < -0.39 is 27.7 Å². The summed E-state index contributed by atoms with van der Waals surface area (Å²) in [5, 5.41) is 2.57. The minimum absolute atomic E-state index is 0.0434. The number of piperidine rings is 1. The van der Waals surface area contributed by atoms with Gasteiger partial charge >= 0.3 is 6.18 Å². The third-order valence-corrected chi connectivity index (χ3v) is 7.00. The molecule has 2 aromatic rings. The van der Waals surface area contributed by atoms with Crippen molar-refractivity contribution in [3.63, 3.8) is 0 Å². The molecule has 0 aliphatic carbocycles. The molecule has 1 fully saturated rings. The number of alkyl halides is 3. The van der Waals surface area contributed by atoms with Gasteiger partial charge in [0.2, 0.25) is 15.9 Å². The lowest BCUT2D eigenvalue weighted by atomic mass is 10.1. The standard InChI is InChI=1S/C22H25F3N2O4S/c1-2-31-19-10-9-18(15-20(19)32(29,30)27-11-4-3-5-12-27)26-21(28)14-16-7-6-8-17(13-16)22(23,24)25/h6-10,13,15H,2-5,11-12,14H2,1H3,(H,26,28). The largest absolute Gasteiger partial charge is 0.492 e. The van der Waals surface area contributed by atoms with E-state index >= 15 is 0 Å². The molecule has 2 aromatic carbocycles. The second-order valence-corrected chi connectivity index (χ2v) is 9.39. The number of sulfonamides is 1. The first-order valence-corrected chi connectivity index (χ1v) is 11.8. The number of carbonyl (C=O) groups excluding carboxylic acids is 1. The molecule has 0 spiro atoms. The van der Waals surface area contributed by atoms with Crippen LogP contribution in [0.25, 0.3) is 0 Å². The smallest absolute Gasteiger partial charge is 0.416 e. The second-order valence-electron chi connectivity index (χ2n) is 7.48. The van der Waals surface area contributed by atoms with Gasteiger partial charge in [0.1, 0.15) is 10.6 Å². The van der Waals surface area contributed by atoms with Crippen LogP contribution < -0.4 is 10.1 Å². The number of rotatable bonds is 7. The molecular weight excluding hydrogens is 445 g/mol. The summed E-state index contributed by atoms with van der Waals surface area (Å²) in [6.07, 6.45) is -2.27. The number of benzene rings is 2. The van der Waals surface area contributed by atoms with Crippen LogP contribution in [0.2, 0.25) is 0 Å². The van der Waals surface area contributed by atoms with Gasteiger partial charge in [0, 0.05) is 18.8 Å². The van der Waals surface area contributed by atoms with Crippen molar-refractivity contribution in [1.29, 1.82) is 0 Å². The first-order valence-electron chi connectivity index (χ1n) is 10.3. The first kappa shape index (κ1) is 24.1. The molecule has 174 valence electrons. The summed E-state index contributed by atoms with van der Waals surface area (Å²) in [6.45, 7) is 2.84. The molecule has 1 N–H and O–H groups in total. The normalized spacial score (nSPS) is 15.4. The van der Waals surface area contributed by atoms with Crippen LogP contribution >= 0.6 is 0 Å². The molecule has 0 unspecified atom stereocenters. The van der Waals surface area contributed by atoms with Crippen molar-refractivity contribution in [2.24, 2.45) is 0 Å². The number of anilines is 1. The number of hydrogen-bond acceptors (Lipinski definition) is 4. The molecule has 0 radical (unpaired) electrons. The van der Waals surface area contributed by atoms with Gasteiger partial charge in [-0.2, -0.15) is 17.5 Å². The Bertz CT molecular complexity index is 1070. The van der Waals surface area contributed by atoms with Gasteiger partial charge in [-0.25, -0.2) is 8.42 Å². The Morgan fingerprint density at radius 3 is 2.47 bits per heavy atom. The van der Waals surface area contributed by atoms with Crippen LogP contribution in [0.5, 0.6) is 5.75 Å². The van der Waals surface area contributed by atoms with Crippen molar-refractivity contribution in [1.82, 2.24) is 4.31 Å². The van der Waals surface area contributed by atoms with E-state index in [0.717, 1.165) is 31.4 Å². The van der Waals surface area contributed by atoms with Crippen molar-refractivity contribution in [3.8, 4) is 5.75 Å². The SMILES string of the molecule is CCOc1ccc(NC(=O)Cc2cccc(C(F)(F)F)c2)cc1S(=O)(=O)N1CCCCC1. The molecule has 1 saturated heterocycles. The maximum absolute atomic E-state index is 13.2. The van der Waals surface area contributed by atoms with Gasteiger partial charge in [0.25, 0.3) is 0 Å². The molecule has 0 atom stereocenters. The van der Waals surface area contributed by atoms with Gasteiger partial charge in [-0.1, -0.05) is 24.6 Å². The highest BCUT2D eigenvalue weighted by molar-refractivity contribution is 7.89. The van der Waals surface area contributed by atoms with Gasteiger partial charge in [-0.3, -0.25) is 4.79 Å². The van der Waals surface area contributed by atoms with Crippen molar-refractivity contribution in [2.45, 2.75) is 43.7 Å². The van der Waals surface area contributed by atoms with Gasteiger partial charge < -0.3 is 10.1 Å². The monoisotopic (exact) mass is 470 g/mol. The number of nitrogens with one attached hydrogen (secondary N) is 1. The predicted octanol–water partition coefficient (Wildman–Crippen LogP) is 4.46. The van der Waals surface area contributed by atoms with E-state index in [1.165, 1.54) is 34.6 Å². The van der Waals surface area contributed by atoms with E-state index in [0.29, 0.717) is 13.1 Å². The predicted molar refractivity (Wildman–Crippen MR) is 114 cm³/mol. The highest BCUT2D eigenvalue weighted by Gasteiger charge is 2.31. The maximum Gasteiger partial charge on any atom is 0.416 e. The van der Waals surface area contributed by atoms with Crippen LogP contribution in [0.1, 0.15) is 37.3 Å². The highest BCUT2D eigenvalue weighted by atomic mass is 32.2. The summed E-state index contributed by atoms with van der Waals surface area (Å²) in [6, 6.07) is 8.84. The molecule has 10 heteroatoms. The van der Waals surface area contributed by atoms with Crippen molar-refractivity contribution < 1.29 is 31.1 Å². The van der Waals surface area contributed by atoms with Crippen LogP contribution in [0.4, 0.5) is 18.9 Å². The van der Waals surface area contributed by atoms with Crippen LogP contribution in [0.15, 0.2) is 47.4 Å². The fourth-order valence-corrected chi connectivity index (χ4v) is 5.23. The van der Waals surface area contributed by atoms with Gasteiger partial charge in [-0.15, -0.1) is 0 Å². The van der Waals surface area contributed by atoms with Crippen molar-refractivity contribution in [3.05, 3.63) is 53.6 Å². The Labute approximate surface area is 185 Å². The number of ether oxygens (including phenoxy) is 1. The van der Waals surface area contributed by atoms with E-state index in [-0.39, 0.29) is 34.9 Å². The third kappa shape index (κ3) is 5.80. The van der Waals surface area contributed by atoms with E-state index in [2.05, 4.69) is 5.32 Å². The minimum atomic E-state index is -4.50. The van der Waals surface area contributed by atoms with E-state index in [9.17, 15) is 26.4 Å². The van der Waals surface area contributed by atoms with Crippen LogP contribution in [0, 0.1) is 0 Å². The Hall–Kier alpha value is -2.59. The average molecular weight is 471 g/mol. The maximum atomic E-state index is 13.2. The van der Waals surface area contributed by atoms with Gasteiger partial charge in [0.05, 0.1) is 18.6 Å². The van der Waals surface area contributed by atoms with E-state index in [4.69, 9.17) is 4.74 Å². The topological polar surface area (TPSA) is 75.7 Å². The fourth-order valence-electron chi connectivity index (χ4n) is 3.55. The molecule has 3 rings (SSSR count). The summed E-state index contributed by atoms with van der Waals surface area (Å²) in [5.41, 5.74) is -0.413. The molecular formula is C22H25F3N2O4S. The van der Waals surface area contributed by atoms with Crippen molar-refractivity contribution >= 4 is 21.6 Å². The Kier molecular flexibility index (Phi) is 7.45. The van der Waals surface area contributed by atoms with E-state index in [1.54, 1.807) is 6.92 Å². The lowest BCUT2D eigenvalue weighted by Gasteiger charge is -2.27. The summed E-state index contributed by atoms with van der Waals surface area (Å²) < 4.78 is 71.9. The van der Waals surface area contributed by atoms with Crippen LogP contribution in [0.3, 0.4) is 0 Å². The Morgan fingerprint density at radius 1 is 1.09 bits per heavy atom. The third-order valence-electron chi connectivity index (χ3n) is 5.08. The Morgan fingerprint density at radius 2 is 1.81 bits per heavy atom. The quantitative estimate of drug-likeness (QED) is 0.648. The zero-order valence-electron chi connectivity index (χ0n) is 17.6. The second kappa shape index (κ2) is 9.91. The molecule has 0 aromatic heterocycles. The van der Waals surface area contributed by atoms with E-state index in [1.807, 2.05) is 0 Å². The van der Waals surface area contributed by atoms with Gasteiger partial charge in [0.15, 0.2) is 0 Å². The molecule has 0 saturated carbocycles. The molecule has 0 bridgehead atoms.